The highest BCUT2D eigenvalue weighted by Gasteiger charge is 2.09. The van der Waals surface area contributed by atoms with Crippen molar-refractivity contribution in [2.24, 2.45) is 0 Å². The molecule has 0 bridgehead atoms. The lowest BCUT2D eigenvalue weighted by Crippen LogP contribution is -2.00. The number of hydrogen-bond acceptors (Lipinski definition) is 3. The van der Waals surface area contributed by atoms with Gasteiger partial charge in [0.1, 0.15) is 6.61 Å². The zero-order valence-electron chi connectivity index (χ0n) is 11.7. The quantitative estimate of drug-likeness (QED) is 0.787. The number of benzene rings is 2. The van der Waals surface area contributed by atoms with E-state index in [1.54, 1.807) is 6.07 Å². The minimum atomic E-state index is -0.628. The number of ether oxygens (including phenoxy) is 2. The van der Waals surface area contributed by atoms with Crippen LogP contribution >= 0.6 is 0 Å². The van der Waals surface area contributed by atoms with Crippen LogP contribution in [0.2, 0.25) is 0 Å². The zero-order valence-corrected chi connectivity index (χ0v) is 11.7. The molecule has 0 amide bonds. The fourth-order valence-corrected chi connectivity index (χ4v) is 1.80. The Kier molecular flexibility index (Phi) is 4.52. The average Bonchev–Trinajstić information content (AvgIpc) is 2.46. The maximum Gasteiger partial charge on any atom is 0.165 e. The van der Waals surface area contributed by atoms with Crippen LogP contribution in [0.25, 0.3) is 0 Å². The highest BCUT2D eigenvalue weighted by Crippen LogP contribution is 2.22. The third kappa shape index (κ3) is 3.56. The summed E-state index contributed by atoms with van der Waals surface area (Å²) in [5.41, 5.74) is 0.818. The SMILES string of the molecule is COc1ccc(COc2ccc(C(C)=O)cc2F)cc1F. The monoisotopic (exact) mass is 292 g/mol. The summed E-state index contributed by atoms with van der Waals surface area (Å²) in [5.74, 6) is -1.22. The van der Waals surface area contributed by atoms with Crippen molar-refractivity contribution in [2.45, 2.75) is 13.5 Å². The second-order valence-electron chi connectivity index (χ2n) is 4.46. The first-order valence-electron chi connectivity index (χ1n) is 6.27. The highest BCUT2D eigenvalue weighted by molar-refractivity contribution is 5.94. The van der Waals surface area contributed by atoms with E-state index < -0.39 is 11.6 Å². The fourth-order valence-electron chi connectivity index (χ4n) is 1.80. The molecule has 0 heterocycles. The van der Waals surface area contributed by atoms with Gasteiger partial charge < -0.3 is 9.47 Å². The van der Waals surface area contributed by atoms with E-state index in [1.807, 2.05) is 0 Å². The van der Waals surface area contributed by atoms with E-state index in [0.29, 0.717) is 5.56 Å². The minimum absolute atomic E-state index is 0.0104. The van der Waals surface area contributed by atoms with Gasteiger partial charge >= 0.3 is 0 Å². The normalized spacial score (nSPS) is 10.3. The Morgan fingerprint density at radius 2 is 1.71 bits per heavy atom. The molecular formula is C16H14F2O3. The number of Topliss-reactive ketones (excluding diaryl/α,β-unsaturated/α-hetero) is 1. The highest BCUT2D eigenvalue weighted by atomic mass is 19.1. The lowest BCUT2D eigenvalue weighted by molar-refractivity contribution is 0.101. The van der Waals surface area contributed by atoms with Crippen LogP contribution in [0.3, 0.4) is 0 Å². The smallest absolute Gasteiger partial charge is 0.165 e. The third-order valence-corrected chi connectivity index (χ3v) is 2.95. The Bertz CT molecular complexity index is 669. The van der Waals surface area contributed by atoms with Gasteiger partial charge in [0.25, 0.3) is 0 Å². The van der Waals surface area contributed by atoms with Crippen molar-refractivity contribution in [2.75, 3.05) is 7.11 Å². The molecule has 3 nitrogen and oxygen atoms in total. The Balaban J connectivity index is 2.09. The number of halogens is 2. The summed E-state index contributed by atoms with van der Waals surface area (Å²) >= 11 is 0. The summed E-state index contributed by atoms with van der Waals surface area (Å²) in [7, 11) is 1.38. The van der Waals surface area contributed by atoms with E-state index in [1.165, 1.54) is 38.3 Å². The molecule has 110 valence electrons. The van der Waals surface area contributed by atoms with E-state index >= 15 is 0 Å². The molecule has 0 radical (unpaired) electrons. The van der Waals surface area contributed by atoms with Crippen molar-refractivity contribution in [3.63, 3.8) is 0 Å². The maximum atomic E-state index is 13.7. The van der Waals surface area contributed by atoms with Gasteiger partial charge in [0.2, 0.25) is 0 Å². The summed E-state index contributed by atoms with van der Waals surface area (Å²) < 4.78 is 37.3. The maximum absolute atomic E-state index is 13.7. The molecule has 0 saturated heterocycles. The first-order chi connectivity index (χ1) is 10.0. The van der Waals surface area contributed by atoms with Crippen LogP contribution in [-0.4, -0.2) is 12.9 Å². The number of ketones is 1. The fraction of sp³-hybridized carbons (Fsp3) is 0.188. The van der Waals surface area contributed by atoms with Crippen LogP contribution in [0.15, 0.2) is 36.4 Å². The van der Waals surface area contributed by atoms with Crippen molar-refractivity contribution in [3.8, 4) is 11.5 Å². The van der Waals surface area contributed by atoms with Crippen molar-refractivity contribution in [1.82, 2.24) is 0 Å². The Labute approximate surface area is 121 Å². The lowest BCUT2D eigenvalue weighted by Gasteiger charge is -2.09. The van der Waals surface area contributed by atoms with Crippen LogP contribution in [0.4, 0.5) is 8.78 Å². The summed E-state index contributed by atoms with van der Waals surface area (Å²) in [5, 5.41) is 0. The summed E-state index contributed by atoms with van der Waals surface area (Å²) in [6.45, 7) is 1.37. The molecule has 0 fully saturated rings. The molecular weight excluding hydrogens is 278 g/mol. The predicted octanol–water partition coefficient (Wildman–Crippen LogP) is 3.76. The topological polar surface area (TPSA) is 35.5 Å². The summed E-state index contributed by atoms with van der Waals surface area (Å²) in [4.78, 5) is 11.1. The van der Waals surface area contributed by atoms with E-state index in [2.05, 4.69) is 0 Å². The average molecular weight is 292 g/mol. The number of carbonyl (C=O) groups is 1. The Hall–Kier alpha value is -2.43. The molecule has 0 N–H and O–H groups in total. The van der Waals surface area contributed by atoms with Crippen molar-refractivity contribution in [3.05, 3.63) is 59.2 Å². The molecule has 0 aliphatic heterocycles. The second kappa shape index (κ2) is 6.35. The van der Waals surface area contributed by atoms with Gasteiger partial charge in [-0.1, -0.05) is 6.07 Å². The van der Waals surface area contributed by atoms with Gasteiger partial charge in [0.05, 0.1) is 7.11 Å². The van der Waals surface area contributed by atoms with Gasteiger partial charge in [-0.2, -0.15) is 0 Å². The molecule has 0 aliphatic carbocycles. The van der Waals surface area contributed by atoms with Gasteiger partial charge in [-0.05, 0) is 42.8 Å². The molecule has 21 heavy (non-hydrogen) atoms. The number of carbonyl (C=O) groups excluding carboxylic acids is 1. The molecule has 0 saturated carbocycles. The molecule has 0 aromatic heterocycles. The molecule has 0 spiro atoms. The second-order valence-corrected chi connectivity index (χ2v) is 4.46. The lowest BCUT2D eigenvalue weighted by atomic mass is 10.1. The molecule has 0 aliphatic rings. The Morgan fingerprint density at radius 1 is 1.05 bits per heavy atom. The van der Waals surface area contributed by atoms with Gasteiger partial charge in [-0.3, -0.25) is 4.79 Å². The van der Waals surface area contributed by atoms with Gasteiger partial charge in [0.15, 0.2) is 28.9 Å². The number of methoxy groups -OCH3 is 1. The standard InChI is InChI=1S/C16H14F2O3/c1-10(19)12-4-6-16(14(18)8-12)21-9-11-3-5-15(20-2)13(17)7-11/h3-8H,9H2,1-2H3. The van der Waals surface area contributed by atoms with Crippen molar-refractivity contribution >= 4 is 5.78 Å². The van der Waals surface area contributed by atoms with Crippen LogP contribution in [0, 0.1) is 11.6 Å². The zero-order chi connectivity index (χ0) is 15.4. The number of rotatable bonds is 5. The molecule has 0 unspecified atom stereocenters. The third-order valence-electron chi connectivity index (χ3n) is 2.95. The van der Waals surface area contributed by atoms with Gasteiger partial charge in [-0.15, -0.1) is 0 Å². The van der Waals surface area contributed by atoms with Crippen molar-refractivity contribution in [1.29, 1.82) is 0 Å². The van der Waals surface area contributed by atoms with Gasteiger partial charge in [0, 0.05) is 5.56 Å². The van der Waals surface area contributed by atoms with Crippen molar-refractivity contribution < 1.29 is 23.0 Å². The van der Waals surface area contributed by atoms with E-state index in [-0.39, 0.29) is 29.5 Å². The van der Waals surface area contributed by atoms with E-state index in [4.69, 9.17) is 9.47 Å². The predicted molar refractivity (Wildman–Crippen MR) is 73.7 cm³/mol. The number of hydrogen-bond donors (Lipinski definition) is 0. The summed E-state index contributed by atoms with van der Waals surface area (Å²) in [6, 6.07) is 8.35. The molecule has 2 aromatic rings. The first kappa shape index (κ1) is 15.0. The molecule has 0 atom stereocenters. The largest absolute Gasteiger partial charge is 0.494 e. The first-order valence-corrected chi connectivity index (χ1v) is 6.27. The minimum Gasteiger partial charge on any atom is -0.494 e. The summed E-state index contributed by atoms with van der Waals surface area (Å²) in [6.07, 6.45) is 0. The molecule has 2 aromatic carbocycles. The van der Waals surface area contributed by atoms with Crippen LogP contribution < -0.4 is 9.47 Å². The Morgan fingerprint density at radius 3 is 2.29 bits per heavy atom. The van der Waals surface area contributed by atoms with E-state index in [9.17, 15) is 13.6 Å². The molecule has 2 rings (SSSR count). The van der Waals surface area contributed by atoms with Crippen LogP contribution in [-0.2, 0) is 6.61 Å². The van der Waals surface area contributed by atoms with Crippen LogP contribution in [0.1, 0.15) is 22.8 Å². The van der Waals surface area contributed by atoms with E-state index in [0.717, 1.165) is 6.07 Å². The molecule has 5 heteroatoms. The van der Waals surface area contributed by atoms with Crippen LogP contribution in [0.5, 0.6) is 11.5 Å². The van der Waals surface area contributed by atoms with Gasteiger partial charge in [-0.25, -0.2) is 8.78 Å².